The Bertz CT molecular complexity index is 662. The molecule has 0 bridgehead atoms. The first-order valence-corrected chi connectivity index (χ1v) is 9.26. The molecule has 0 fully saturated rings. The van der Waals surface area contributed by atoms with Gasteiger partial charge in [0, 0.05) is 18.9 Å². The van der Waals surface area contributed by atoms with Crippen LogP contribution < -0.4 is 0 Å². The van der Waals surface area contributed by atoms with Crippen LogP contribution in [0.25, 0.3) is 11.1 Å². The third-order valence-corrected chi connectivity index (χ3v) is 4.91. The summed E-state index contributed by atoms with van der Waals surface area (Å²) in [5.74, 6) is 0.0323. The van der Waals surface area contributed by atoms with Crippen LogP contribution in [0.2, 0.25) is 0 Å². The van der Waals surface area contributed by atoms with Crippen molar-refractivity contribution < 1.29 is 14.6 Å². The number of esters is 1. The van der Waals surface area contributed by atoms with E-state index in [0.29, 0.717) is 13.0 Å². The summed E-state index contributed by atoms with van der Waals surface area (Å²) in [6.45, 7) is 0.670. The molecule has 3 nitrogen and oxygen atoms in total. The van der Waals surface area contributed by atoms with Gasteiger partial charge in [0.25, 0.3) is 0 Å². The van der Waals surface area contributed by atoms with E-state index in [-0.39, 0.29) is 18.5 Å². The summed E-state index contributed by atoms with van der Waals surface area (Å²) < 4.78 is 5.59. The molecule has 1 N–H and O–H groups in total. The lowest BCUT2D eigenvalue weighted by molar-refractivity contribution is -0.144. The molecule has 0 aromatic heterocycles. The van der Waals surface area contributed by atoms with Gasteiger partial charge in [-0.3, -0.25) is 4.79 Å². The summed E-state index contributed by atoms with van der Waals surface area (Å²) >= 11 is 0. The number of hydrogen-bond acceptors (Lipinski definition) is 3. The zero-order valence-corrected chi connectivity index (χ0v) is 14.6. The third-order valence-electron chi connectivity index (χ3n) is 4.91. The molecule has 1 aliphatic carbocycles. The lowest BCUT2D eigenvalue weighted by Gasteiger charge is -2.14. The molecule has 1 aliphatic rings. The van der Waals surface area contributed by atoms with Gasteiger partial charge in [-0.1, -0.05) is 67.8 Å². The summed E-state index contributed by atoms with van der Waals surface area (Å²) in [7, 11) is 0. The number of fused-ring (bicyclic) bond motifs is 3. The number of ether oxygens (including phenoxy) is 1. The molecule has 0 radical (unpaired) electrons. The Hall–Kier alpha value is -2.13. The maximum Gasteiger partial charge on any atom is 0.305 e. The molecule has 0 amide bonds. The highest BCUT2D eigenvalue weighted by molar-refractivity contribution is 5.79. The predicted molar refractivity (Wildman–Crippen MR) is 99.5 cm³/mol. The van der Waals surface area contributed by atoms with E-state index in [2.05, 4.69) is 36.4 Å². The molecule has 3 rings (SSSR count). The van der Waals surface area contributed by atoms with Crippen molar-refractivity contribution in [2.24, 2.45) is 0 Å². The second-order valence-corrected chi connectivity index (χ2v) is 6.65. The highest BCUT2D eigenvalue weighted by Gasteiger charge is 2.28. The molecule has 0 spiro atoms. The molecule has 0 heterocycles. The molecular formula is C22H26O3. The summed E-state index contributed by atoms with van der Waals surface area (Å²) in [5, 5.41) is 8.75. The molecule has 0 atom stereocenters. The van der Waals surface area contributed by atoms with Crippen molar-refractivity contribution in [2.75, 3.05) is 13.2 Å². The quantitative estimate of drug-likeness (QED) is 0.533. The number of aliphatic hydroxyl groups excluding tert-OH is 1. The van der Waals surface area contributed by atoms with Crippen LogP contribution in [0.3, 0.4) is 0 Å². The van der Waals surface area contributed by atoms with Crippen LogP contribution in [-0.2, 0) is 9.53 Å². The van der Waals surface area contributed by atoms with E-state index < -0.39 is 0 Å². The first-order chi connectivity index (χ1) is 12.3. The van der Waals surface area contributed by atoms with Gasteiger partial charge in [0.05, 0.1) is 0 Å². The normalized spacial score (nSPS) is 12.7. The van der Waals surface area contributed by atoms with Gasteiger partial charge in [0.2, 0.25) is 0 Å². The fourth-order valence-corrected chi connectivity index (χ4v) is 3.60. The van der Waals surface area contributed by atoms with Crippen molar-refractivity contribution in [1.29, 1.82) is 0 Å². The monoisotopic (exact) mass is 338 g/mol. The molecule has 132 valence electrons. The number of benzene rings is 2. The Morgan fingerprint density at radius 3 is 2.04 bits per heavy atom. The fraction of sp³-hybridized carbons (Fsp3) is 0.409. The van der Waals surface area contributed by atoms with Gasteiger partial charge in [0.1, 0.15) is 6.61 Å². The number of unbranched alkanes of at least 4 members (excludes halogenated alkanes) is 4. The van der Waals surface area contributed by atoms with E-state index in [1.807, 2.05) is 12.1 Å². The average molecular weight is 338 g/mol. The molecule has 0 aliphatic heterocycles. The van der Waals surface area contributed by atoms with E-state index in [9.17, 15) is 4.79 Å². The summed E-state index contributed by atoms with van der Waals surface area (Å²) in [5.41, 5.74) is 5.01. The highest BCUT2D eigenvalue weighted by Crippen LogP contribution is 2.44. The topological polar surface area (TPSA) is 46.5 Å². The van der Waals surface area contributed by atoms with E-state index >= 15 is 0 Å². The maximum absolute atomic E-state index is 12.1. The highest BCUT2D eigenvalue weighted by atomic mass is 16.5. The Balaban J connectivity index is 1.52. The summed E-state index contributed by atoms with van der Waals surface area (Å²) in [6.07, 6.45) is 5.31. The van der Waals surface area contributed by atoms with Gasteiger partial charge in [-0.15, -0.1) is 0 Å². The molecule has 2 aromatic carbocycles. The van der Waals surface area contributed by atoms with Gasteiger partial charge in [-0.2, -0.15) is 0 Å². The van der Waals surface area contributed by atoms with Crippen LogP contribution in [0.1, 0.15) is 55.6 Å². The predicted octanol–water partition coefficient (Wildman–Crippen LogP) is 4.68. The lowest BCUT2D eigenvalue weighted by atomic mass is 9.98. The first kappa shape index (κ1) is 17.7. The second-order valence-electron chi connectivity index (χ2n) is 6.65. The van der Waals surface area contributed by atoms with Crippen molar-refractivity contribution in [1.82, 2.24) is 0 Å². The van der Waals surface area contributed by atoms with Gasteiger partial charge in [0.15, 0.2) is 0 Å². The smallest absolute Gasteiger partial charge is 0.305 e. The average Bonchev–Trinajstić information content (AvgIpc) is 2.97. The number of carbonyl (C=O) groups excluding carboxylic acids is 1. The molecule has 25 heavy (non-hydrogen) atoms. The molecule has 0 saturated heterocycles. The van der Waals surface area contributed by atoms with Gasteiger partial charge in [-0.25, -0.2) is 0 Å². The minimum atomic E-state index is -0.107. The van der Waals surface area contributed by atoms with Crippen molar-refractivity contribution in [3.8, 4) is 11.1 Å². The molecule has 0 unspecified atom stereocenters. The fourth-order valence-electron chi connectivity index (χ4n) is 3.60. The number of aliphatic hydroxyl groups is 1. The third kappa shape index (κ3) is 4.29. The van der Waals surface area contributed by atoms with Gasteiger partial charge < -0.3 is 9.84 Å². The van der Waals surface area contributed by atoms with Crippen molar-refractivity contribution >= 4 is 5.97 Å². The van der Waals surface area contributed by atoms with Crippen LogP contribution in [0, 0.1) is 0 Å². The second kappa shape index (κ2) is 8.82. The summed E-state index contributed by atoms with van der Waals surface area (Å²) in [6, 6.07) is 16.8. The SMILES string of the molecule is O=C(CCCCCCCO)OCC1c2ccccc2-c2ccccc21. The zero-order valence-electron chi connectivity index (χ0n) is 14.6. The largest absolute Gasteiger partial charge is 0.465 e. The Labute approximate surface area is 149 Å². The molecule has 2 aromatic rings. The van der Waals surface area contributed by atoms with Crippen molar-refractivity contribution in [3.05, 3.63) is 59.7 Å². The van der Waals surface area contributed by atoms with Crippen LogP contribution >= 0.6 is 0 Å². The first-order valence-electron chi connectivity index (χ1n) is 9.26. The van der Waals surface area contributed by atoms with E-state index in [0.717, 1.165) is 32.1 Å². The minimum absolute atomic E-state index is 0.107. The number of rotatable bonds is 9. The van der Waals surface area contributed by atoms with Crippen molar-refractivity contribution in [2.45, 2.75) is 44.4 Å². The van der Waals surface area contributed by atoms with E-state index in [1.165, 1.54) is 22.3 Å². The number of hydrogen-bond donors (Lipinski definition) is 1. The van der Waals surface area contributed by atoms with E-state index in [4.69, 9.17) is 9.84 Å². The maximum atomic E-state index is 12.1. The lowest BCUT2D eigenvalue weighted by Crippen LogP contribution is -2.12. The van der Waals surface area contributed by atoms with Crippen LogP contribution in [0.4, 0.5) is 0 Å². The van der Waals surface area contributed by atoms with E-state index in [1.54, 1.807) is 0 Å². The van der Waals surface area contributed by atoms with Crippen molar-refractivity contribution in [3.63, 3.8) is 0 Å². The standard InChI is InChI=1S/C22H26O3/c23-15-9-3-1-2-4-14-22(24)25-16-21-19-12-7-5-10-17(19)18-11-6-8-13-20(18)21/h5-8,10-13,21,23H,1-4,9,14-16H2. The Kier molecular flexibility index (Phi) is 6.24. The van der Waals surface area contributed by atoms with Gasteiger partial charge in [-0.05, 0) is 35.1 Å². The summed E-state index contributed by atoms with van der Waals surface area (Å²) in [4.78, 5) is 12.1. The van der Waals surface area contributed by atoms with Crippen LogP contribution in [0.5, 0.6) is 0 Å². The zero-order chi connectivity index (χ0) is 17.5. The van der Waals surface area contributed by atoms with Gasteiger partial charge >= 0.3 is 5.97 Å². The Morgan fingerprint density at radius 1 is 0.840 bits per heavy atom. The molecule has 3 heteroatoms. The molecular weight excluding hydrogens is 312 g/mol. The minimum Gasteiger partial charge on any atom is -0.465 e. The number of carbonyl (C=O) groups is 1. The van der Waals surface area contributed by atoms with Crippen LogP contribution in [-0.4, -0.2) is 24.3 Å². The van der Waals surface area contributed by atoms with Crippen LogP contribution in [0.15, 0.2) is 48.5 Å². The Morgan fingerprint density at radius 2 is 1.40 bits per heavy atom. The molecule has 0 saturated carbocycles.